The highest BCUT2D eigenvalue weighted by molar-refractivity contribution is 5.95. The van der Waals surface area contributed by atoms with E-state index < -0.39 is 5.97 Å². The second-order valence-electron chi connectivity index (χ2n) is 6.23. The Hall–Kier alpha value is -3.93. The number of nitrogens with zero attached hydrogens (tertiary/aromatic N) is 1. The standard InChI is InChI=1S/C23H20N2O4/c1-16-8-11-19(12-9-16)23(27)29-20-13-10-17(14-21(20)28-2)15-24-25-22(26)18-6-4-3-5-7-18/h3-15H,1-2H3,(H,25,26). The van der Waals surface area contributed by atoms with Crippen molar-refractivity contribution in [3.05, 3.63) is 95.1 Å². The first-order valence-electron chi connectivity index (χ1n) is 8.92. The van der Waals surface area contributed by atoms with Gasteiger partial charge in [-0.15, -0.1) is 0 Å². The molecule has 1 amide bonds. The van der Waals surface area contributed by atoms with E-state index in [1.54, 1.807) is 54.6 Å². The highest BCUT2D eigenvalue weighted by Gasteiger charge is 2.12. The number of hydrogen-bond donors (Lipinski definition) is 1. The van der Waals surface area contributed by atoms with Gasteiger partial charge in [-0.25, -0.2) is 10.2 Å². The van der Waals surface area contributed by atoms with Crippen molar-refractivity contribution in [3.8, 4) is 11.5 Å². The Morgan fingerprint density at radius 2 is 1.62 bits per heavy atom. The Morgan fingerprint density at radius 3 is 2.31 bits per heavy atom. The minimum atomic E-state index is -0.472. The van der Waals surface area contributed by atoms with Crippen LogP contribution < -0.4 is 14.9 Å². The molecule has 146 valence electrons. The third-order valence-corrected chi connectivity index (χ3v) is 4.09. The van der Waals surface area contributed by atoms with Crippen LogP contribution in [0.5, 0.6) is 11.5 Å². The van der Waals surface area contributed by atoms with Crippen LogP contribution in [0.1, 0.15) is 31.8 Å². The van der Waals surface area contributed by atoms with Crippen molar-refractivity contribution in [1.82, 2.24) is 5.43 Å². The third-order valence-electron chi connectivity index (χ3n) is 4.09. The molecule has 3 aromatic carbocycles. The number of rotatable bonds is 6. The van der Waals surface area contributed by atoms with Crippen LogP contribution in [0.15, 0.2) is 77.9 Å². The number of ether oxygens (including phenoxy) is 2. The van der Waals surface area contributed by atoms with E-state index in [9.17, 15) is 9.59 Å². The fourth-order valence-corrected chi connectivity index (χ4v) is 2.52. The molecule has 0 bridgehead atoms. The minimum Gasteiger partial charge on any atom is -0.493 e. The summed E-state index contributed by atoms with van der Waals surface area (Å²) in [6.07, 6.45) is 1.48. The second kappa shape index (κ2) is 9.32. The molecule has 0 fully saturated rings. The monoisotopic (exact) mass is 388 g/mol. The first kappa shape index (κ1) is 19.8. The summed E-state index contributed by atoms with van der Waals surface area (Å²) in [5.74, 6) is -0.107. The molecule has 0 spiro atoms. The summed E-state index contributed by atoms with van der Waals surface area (Å²) in [6, 6.07) is 20.9. The fraction of sp³-hybridized carbons (Fsp3) is 0.0870. The van der Waals surface area contributed by atoms with Gasteiger partial charge in [0, 0.05) is 5.56 Å². The van der Waals surface area contributed by atoms with E-state index in [1.807, 2.05) is 25.1 Å². The lowest BCUT2D eigenvalue weighted by atomic mass is 10.1. The van der Waals surface area contributed by atoms with Gasteiger partial charge < -0.3 is 9.47 Å². The van der Waals surface area contributed by atoms with Gasteiger partial charge >= 0.3 is 5.97 Å². The molecule has 0 atom stereocenters. The molecule has 0 radical (unpaired) electrons. The van der Waals surface area contributed by atoms with Gasteiger partial charge in [-0.3, -0.25) is 4.79 Å². The van der Waals surface area contributed by atoms with E-state index in [2.05, 4.69) is 10.5 Å². The number of benzene rings is 3. The summed E-state index contributed by atoms with van der Waals surface area (Å²) in [5, 5.41) is 3.95. The molecule has 0 heterocycles. The van der Waals surface area contributed by atoms with Crippen LogP contribution in [0.3, 0.4) is 0 Å². The molecule has 6 heteroatoms. The van der Waals surface area contributed by atoms with E-state index in [-0.39, 0.29) is 5.91 Å². The van der Waals surface area contributed by atoms with Crippen LogP contribution >= 0.6 is 0 Å². The van der Waals surface area contributed by atoms with Crippen LogP contribution in [0, 0.1) is 6.92 Å². The normalized spacial score (nSPS) is 10.6. The van der Waals surface area contributed by atoms with Gasteiger partial charge in [0.1, 0.15) is 0 Å². The smallest absolute Gasteiger partial charge is 0.343 e. The maximum absolute atomic E-state index is 12.3. The second-order valence-corrected chi connectivity index (χ2v) is 6.23. The molecular formula is C23H20N2O4. The predicted octanol–water partition coefficient (Wildman–Crippen LogP) is 3.99. The zero-order valence-electron chi connectivity index (χ0n) is 16.1. The molecule has 0 aliphatic carbocycles. The highest BCUT2D eigenvalue weighted by Crippen LogP contribution is 2.28. The summed E-state index contributed by atoms with van der Waals surface area (Å²) in [7, 11) is 1.48. The minimum absolute atomic E-state index is 0.295. The maximum Gasteiger partial charge on any atom is 0.343 e. The Balaban J connectivity index is 1.67. The Bertz CT molecular complexity index is 1030. The van der Waals surface area contributed by atoms with Crippen molar-refractivity contribution >= 4 is 18.1 Å². The van der Waals surface area contributed by atoms with Crippen LogP contribution in [0.4, 0.5) is 0 Å². The molecule has 6 nitrogen and oxygen atoms in total. The van der Waals surface area contributed by atoms with Crippen LogP contribution in [-0.2, 0) is 0 Å². The maximum atomic E-state index is 12.3. The molecule has 0 aliphatic heterocycles. The van der Waals surface area contributed by atoms with Crippen molar-refractivity contribution < 1.29 is 19.1 Å². The highest BCUT2D eigenvalue weighted by atomic mass is 16.6. The average molecular weight is 388 g/mol. The van der Waals surface area contributed by atoms with Crippen LogP contribution in [0.2, 0.25) is 0 Å². The average Bonchev–Trinajstić information content (AvgIpc) is 2.75. The van der Waals surface area contributed by atoms with Gasteiger partial charge in [0.2, 0.25) is 0 Å². The number of nitrogens with one attached hydrogen (secondary N) is 1. The van der Waals surface area contributed by atoms with E-state index in [0.717, 1.165) is 5.56 Å². The van der Waals surface area contributed by atoms with Gasteiger partial charge in [-0.2, -0.15) is 5.10 Å². The van der Waals surface area contributed by atoms with E-state index in [4.69, 9.17) is 9.47 Å². The lowest BCUT2D eigenvalue weighted by Gasteiger charge is -2.10. The Kier molecular flexibility index (Phi) is 6.37. The molecule has 29 heavy (non-hydrogen) atoms. The van der Waals surface area contributed by atoms with E-state index in [0.29, 0.717) is 28.2 Å². The summed E-state index contributed by atoms with van der Waals surface area (Å²) in [6.45, 7) is 1.95. The molecule has 1 N–H and O–H groups in total. The van der Waals surface area contributed by atoms with Gasteiger partial charge in [0.25, 0.3) is 5.91 Å². The number of aryl methyl sites for hydroxylation is 1. The molecule has 3 aromatic rings. The zero-order chi connectivity index (χ0) is 20.6. The van der Waals surface area contributed by atoms with E-state index >= 15 is 0 Å². The first-order valence-corrected chi connectivity index (χ1v) is 8.92. The molecule has 0 aromatic heterocycles. The number of hydrogen-bond acceptors (Lipinski definition) is 5. The summed E-state index contributed by atoms with van der Waals surface area (Å²) in [5.41, 5.74) is 5.16. The van der Waals surface area contributed by atoms with Gasteiger partial charge in [0.15, 0.2) is 11.5 Å². The van der Waals surface area contributed by atoms with Crippen molar-refractivity contribution in [1.29, 1.82) is 0 Å². The molecule has 0 aliphatic rings. The molecule has 0 unspecified atom stereocenters. The molecule has 0 saturated carbocycles. The lowest BCUT2D eigenvalue weighted by molar-refractivity contribution is 0.0729. The largest absolute Gasteiger partial charge is 0.493 e. The van der Waals surface area contributed by atoms with Crippen molar-refractivity contribution in [2.75, 3.05) is 7.11 Å². The summed E-state index contributed by atoms with van der Waals surface area (Å²) < 4.78 is 10.8. The van der Waals surface area contributed by atoms with Crippen molar-refractivity contribution in [2.24, 2.45) is 5.10 Å². The quantitative estimate of drug-likeness (QED) is 0.300. The van der Waals surface area contributed by atoms with Gasteiger partial charge in [0.05, 0.1) is 18.9 Å². The Labute approximate surface area is 168 Å². The number of carbonyl (C=O) groups excluding carboxylic acids is 2. The number of esters is 1. The first-order chi connectivity index (χ1) is 14.1. The van der Waals surface area contributed by atoms with Crippen LogP contribution in [0.25, 0.3) is 0 Å². The topological polar surface area (TPSA) is 77.0 Å². The van der Waals surface area contributed by atoms with Crippen molar-refractivity contribution in [3.63, 3.8) is 0 Å². The zero-order valence-corrected chi connectivity index (χ0v) is 16.1. The number of hydrazone groups is 1. The molecular weight excluding hydrogens is 368 g/mol. The van der Waals surface area contributed by atoms with Gasteiger partial charge in [-0.05, 0) is 55.0 Å². The van der Waals surface area contributed by atoms with Gasteiger partial charge in [-0.1, -0.05) is 35.9 Å². The van der Waals surface area contributed by atoms with E-state index in [1.165, 1.54) is 13.3 Å². The molecule has 0 saturated heterocycles. The van der Waals surface area contributed by atoms with Crippen molar-refractivity contribution in [2.45, 2.75) is 6.92 Å². The summed E-state index contributed by atoms with van der Waals surface area (Å²) >= 11 is 0. The Morgan fingerprint density at radius 1 is 0.897 bits per heavy atom. The predicted molar refractivity (Wildman–Crippen MR) is 111 cm³/mol. The summed E-state index contributed by atoms with van der Waals surface area (Å²) in [4.78, 5) is 24.3. The SMILES string of the molecule is COc1cc(C=NNC(=O)c2ccccc2)ccc1OC(=O)c1ccc(C)cc1. The number of amides is 1. The lowest BCUT2D eigenvalue weighted by Crippen LogP contribution is -2.17. The molecule has 3 rings (SSSR count). The van der Waals surface area contributed by atoms with Crippen LogP contribution in [-0.4, -0.2) is 25.2 Å². The fourth-order valence-electron chi connectivity index (χ4n) is 2.52. The number of methoxy groups -OCH3 is 1. The third kappa shape index (κ3) is 5.29. The number of carbonyl (C=O) groups is 2.